The van der Waals surface area contributed by atoms with Crippen LogP contribution in [0.3, 0.4) is 0 Å². The van der Waals surface area contributed by atoms with Crippen LogP contribution >= 0.6 is 0 Å². The largest absolute Gasteiger partial charge is 0.384 e. The zero-order valence-corrected chi connectivity index (χ0v) is 18.2. The second-order valence-corrected chi connectivity index (χ2v) is 9.59. The van der Waals surface area contributed by atoms with E-state index in [0.717, 1.165) is 19.5 Å². The van der Waals surface area contributed by atoms with Gasteiger partial charge >= 0.3 is 0 Å². The molecule has 0 aromatic heterocycles. The molecule has 4 nitrogen and oxygen atoms in total. The molecule has 1 amide bonds. The highest BCUT2D eigenvalue weighted by atomic mass is 16.2. The summed E-state index contributed by atoms with van der Waals surface area (Å²) in [6.07, 6.45) is 3.45. The summed E-state index contributed by atoms with van der Waals surface area (Å²) in [4.78, 5) is 18.1. The predicted octanol–water partition coefficient (Wildman–Crippen LogP) is 4.19. The molecule has 2 heterocycles. The average molecular weight is 382 g/mol. The van der Waals surface area contributed by atoms with Crippen molar-refractivity contribution >= 4 is 17.2 Å². The highest BCUT2D eigenvalue weighted by Crippen LogP contribution is 2.48. The molecule has 2 unspecified atom stereocenters. The Morgan fingerprint density at radius 1 is 1.21 bits per heavy atom. The number of nitrogens with one attached hydrogen (secondary N) is 1. The Morgan fingerprint density at radius 3 is 2.64 bits per heavy atom. The van der Waals surface area contributed by atoms with E-state index in [4.69, 9.17) is 0 Å². The summed E-state index contributed by atoms with van der Waals surface area (Å²) >= 11 is 0. The summed E-state index contributed by atoms with van der Waals surface area (Å²) in [6.45, 7) is 12.7. The molecule has 1 N–H and O–H groups in total. The molecule has 1 aromatic carbocycles. The van der Waals surface area contributed by atoms with Crippen molar-refractivity contribution in [2.24, 2.45) is 11.8 Å². The van der Waals surface area contributed by atoms with Crippen molar-refractivity contribution in [3.05, 3.63) is 35.4 Å². The van der Waals surface area contributed by atoms with Crippen LogP contribution in [0, 0.1) is 11.8 Å². The van der Waals surface area contributed by atoms with E-state index in [2.05, 4.69) is 81.1 Å². The van der Waals surface area contributed by atoms with Gasteiger partial charge in [0.1, 0.15) is 0 Å². The zero-order valence-electron chi connectivity index (χ0n) is 18.2. The Hall–Kier alpha value is -1.81. The van der Waals surface area contributed by atoms with Crippen LogP contribution in [0.25, 0.3) is 5.57 Å². The first-order valence-corrected chi connectivity index (χ1v) is 10.9. The maximum Gasteiger partial charge on any atom is 0.231 e. The van der Waals surface area contributed by atoms with Crippen LogP contribution < -0.4 is 5.32 Å². The van der Waals surface area contributed by atoms with Crippen LogP contribution in [-0.4, -0.2) is 54.0 Å². The molecule has 152 valence electrons. The van der Waals surface area contributed by atoms with E-state index in [0.29, 0.717) is 17.9 Å². The monoisotopic (exact) mass is 381 g/mol. The first kappa shape index (κ1) is 19.5. The Labute approximate surface area is 170 Å². The SMILES string of the molecule is CC(C)C(C)N(C(=O)[C@@H]1C=C2c3cccc4c3C(CN4)C[C@H]2N(C)C1)C(C)C. The third-order valence-electron chi connectivity index (χ3n) is 7.16. The number of rotatable bonds is 4. The molecule has 0 bridgehead atoms. The van der Waals surface area contributed by atoms with Crippen molar-refractivity contribution in [2.45, 2.75) is 65.1 Å². The van der Waals surface area contributed by atoms with Crippen LogP contribution in [0.15, 0.2) is 24.3 Å². The maximum absolute atomic E-state index is 13.6. The number of fused-ring (bicyclic) bond motifs is 2. The summed E-state index contributed by atoms with van der Waals surface area (Å²) in [7, 11) is 2.20. The Balaban J connectivity index is 1.71. The van der Waals surface area contributed by atoms with E-state index in [-0.39, 0.29) is 23.9 Å². The number of benzene rings is 1. The smallest absolute Gasteiger partial charge is 0.231 e. The molecular weight excluding hydrogens is 346 g/mol. The fourth-order valence-electron chi connectivity index (χ4n) is 5.44. The summed E-state index contributed by atoms with van der Waals surface area (Å²) in [5.74, 6) is 1.26. The molecule has 3 aliphatic rings. The third-order valence-corrected chi connectivity index (χ3v) is 7.16. The lowest BCUT2D eigenvalue weighted by Crippen LogP contribution is -2.52. The summed E-state index contributed by atoms with van der Waals surface area (Å²) in [6, 6.07) is 7.49. The Bertz CT molecular complexity index is 797. The van der Waals surface area contributed by atoms with Crippen LogP contribution in [0.1, 0.15) is 58.1 Å². The molecule has 4 atom stereocenters. The number of hydrogen-bond donors (Lipinski definition) is 1. The molecule has 0 spiro atoms. The van der Waals surface area contributed by atoms with Crippen molar-refractivity contribution in [3.63, 3.8) is 0 Å². The lowest BCUT2D eigenvalue weighted by molar-refractivity contribution is -0.139. The number of amides is 1. The van der Waals surface area contributed by atoms with E-state index in [1.54, 1.807) is 0 Å². The molecule has 4 heteroatoms. The van der Waals surface area contributed by atoms with E-state index in [1.807, 2.05) is 0 Å². The quantitative estimate of drug-likeness (QED) is 0.849. The topological polar surface area (TPSA) is 35.6 Å². The standard InChI is InChI=1S/C24H35N3O/c1-14(2)16(5)27(15(3)4)24(28)18-10-20-19-8-7-9-21-23(19)17(12-25-21)11-22(20)26(6)13-18/h7-10,14-18,22,25H,11-13H2,1-6H3/t16?,17?,18-,22-/m1/s1. The van der Waals surface area contributed by atoms with E-state index in [9.17, 15) is 4.79 Å². The van der Waals surface area contributed by atoms with Crippen molar-refractivity contribution in [1.82, 2.24) is 9.80 Å². The van der Waals surface area contributed by atoms with Gasteiger partial charge in [-0.25, -0.2) is 0 Å². The van der Waals surface area contributed by atoms with Gasteiger partial charge in [-0.2, -0.15) is 0 Å². The second kappa shape index (κ2) is 7.22. The van der Waals surface area contributed by atoms with Crippen LogP contribution in [-0.2, 0) is 4.79 Å². The van der Waals surface area contributed by atoms with E-state index in [1.165, 1.54) is 22.4 Å². The highest BCUT2D eigenvalue weighted by Gasteiger charge is 2.42. The third kappa shape index (κ3) is 3.06. The van der Waals surface area contributed by atoms with Crippen LogP contribution in [0.4, 0.5) is 5.69 Å². The second-order valence-electron chi connectivity index (χ2n) is 9.59. The molecule has 4 rings (SSSR count). The Kier molecular flexibility index (Phi) is 5.03. The van der Waals surface area contributed by atoms with Gasteiger partial charge < -0.3 is 10.2 Å². The number of likely N-dealkylation sites (N-methyl/N-ethyl adjacent to an activating group) is 1. The molecule has 0 fully saturated rings. The van der Waals surface area contributed by atoms with Crippen molar-refractivity contribution in [2.75, 3.05) is 25.5 Å². The van der Waals surface area contributed by atoms with Gasteiger partial charge in [-0.05, 0) is 62.9 Å². The highest BCUT2D eigenvalue weighted by molar-refractivity contribution is 5.88. The van der Waals surface area contributed by atoms with Crippen LogP contribution in [0.2, 0.25) is 0 Å². The van der Waals surface area contributed by atoms with Gasteiger partial charge in [0.15, 0.2) is 0 Å². The van der Waals surface area contributed by atoms with Crippen molar-refractivity contribution in [3.8, 4) is 0 Å². The number of carbonyl (C=O) groups is 1. The fraction of sp³-hybridized carbons (Fsp3) is 0.625. The van der Waals surface area contributed by atoms with Crippen molar-refractivity contribution < 1.29 is 4.79 Å². The molecule has 1 aliphatic carbocycles. The number of nitrogens with zero attached hydrogens (tertiary/aromatic N) is 2. The Morgan fingerprint density at radius 2 is 1.96 bits per heavy atom. The summed E-state index contributed by atoms with van der Waals surface area (Å²) in [5.41, 5.74) is 5.49. The predicted molar refractivity (Wildman–Crippen MR) is 116 cm³/mol. The van der Waals surface area contributed by atoms with Gasteiger partial charge in [-0.3, -0.25) is 9.69 Å². The normalized spacial score (nSPS) is 27.1. The number of anilines is 1. The van der Waals surface area contributed by atoms with Gasteiger partial charge in [-0.15, -0.1) is 0 Å². The van der Waals surface area contributed by atoms with Gasteiger partial charge in [0.05, 0.1) is 5.92 Å². The molecule has 1 aromatic rings. The first-order chi connectivity index (χ1) is 13.3. The van der Waals surface area contributed by atoms with Gasteiger partial charge in [0.25, 0.3) is 0 Å². The lowest BCUT2D eigenvalue weighted by atomic mass is 9.74. The molecule has 0 saturated carbocycles. The zero-order chi connectivity index (χ0) is 20.2. The van der Waals surface area contributed by atoms with Gasteiger partial charge in [0.2, 0.25) is 5.91 Å². The van der Waals surface area contributed by atoms with Gasteiger partial charge in [-0.1, -0.05) is 32.1 Å². The van der Waals surface area contributed by atoms with E-state index >= 15 is 0 Å². The minimum absolute atomic E-state index is 0.0679. The van der Waals surface area contributed by atoms with Gasteiger partial charge in [0, 0.05) is 42.8 Å². The summed E-state index contributed by atoms with van der Waals surface area (Å²) < 4.78 is 0. The molecule has 28 heavy (non-hydrogen) atoms. The maximum atomic E-state index is 13.6. The number of hydrogen-bond acceptors (Lipinski definition) is 3. The first-order valence-electron chi connectivity index (χ1n) is 10.9. The van der Waals surface area contributed by atoms with E-state index < -0.39 is 0 Å². The minimum Gasteiger partial charge on any atom is -0.384 e. The lowest BCUT2D eigenvalue weighted by Gasteiger charge is -2.44. The fourth-order valence-corrected chi connectivity index (χ4v) is 5.44. The van der Waals surface area contributed by atoms with Crippen LogP contribution in [0.5, 0.6) is 0 Å². The van der Waals surface area contributed by atoms with Crippen molar-refractivity contribution in [1.29, 1.82) is 0 Å². The molecule has 2 aliphatic heterocycles. The summed E-state index contributed by atoms with van der Waals surface area (Å²) in [5, 5.41) is 3.58. The minimum atomic E-state index is -0.0679. The number of carbonyl (C=O) groups excluding carboxylic acids is 1. The molecule has 0 radical (unpaired) electrons. The molecule has 0 saturated heterocycles. The molecular formula is C24H35N3O. The average Bonchev–Trinajstić information content (AvgIpc) is 3.06.